The Bertz CT molecular complexity index is 1460. The first-order chi connectivity index (χ1) is 21.6. The highest BCUT2D eigenvalue weighted by molar-refractivity contribution is 8.15. The number of non-ortho nitro benzene ring substituents is 1. The molecule has 11 nitrogen and oxygen atoms in total. The van der Waals surface area contributed by atoms with Crippen LogP contribution in [-0.2, 0) is 14.9 Å². The van der Waals surface area contributed by atoms with Crippen molar-refractivity contribution in [3.8, 4) is 11.5 Å². The first-order valence-electron chi connectivity index (χ1n) is 15.6. The van der Waals surface area contributed by atoms with E-state index < -0.39 is 15.0 Å². The third-order valence-corrected chi connectivity index (χ3v) is 10.0. The summed E-state index contributed by atoms with van der Waals surface area (Å²) in [6.07, 6.45) is 17.5. The third kappa shape index (κ3) is 11.8. The molecule has 45 heavy (non-hydrogen) atoms. The number of carbonyl (C=O) groups is 1. The molecule has 1 amide bonds. The summed E-state index contributed by atoms with van der Waals surface area (Å²) < 4.78 is 36.4. The van der Waals surface area contributed by atoms with Gasteiger partial charge in [-0.15, -0.1) is 5.10 Å². The van der Waals surface area contributed by atoms with E-state index in [9.17, 15) is 23.3 Å². The van der Waals surface area contributed by atoms with E-state index in [-0.39, 0.29) is 33.2 Å². The molecule has 3 rings (SSSR count). The van der Waals surface area contributed by atoms with Crippen LogP contribution in [0.1, 0.15) is 102 Å². The van der Waals surface area contributed by atoms with Gasteiger partial charge in [-0.1, -0.05) is 102 Å². The van der Waals surface area contributed by atoms with Crippen molar-refractivity contribution in [1.82, 2.24) is 5.32 Å². The number of rotatable bonds is 20. The number of benzene rings is 2. The van der Waals surface area contributed by atoms with Crippen LogP contribution >= 0.6 is 11.8 Å². The van der Waals surface area contributed by atoms with E-state index in [1.54, 1.807) is 6.07 Å². The molecule has 1 aliphatic rings. The lowest BCUT2D eigenvalue weighted by Crippen LogP contribution is -2.24. The van der Waals surface area contributed by atoms with Gasteiger partial charge in [-0.25, -0.2) is 0 Å². The number of carbonyl (C=O) groups excluding carboxylic acids is 1. The molecule has 1 heterocycles. The van der Waals surface area contributed by atoms with Crippen LogP contribution in [0.25, 0.3) is 0 Å². The number of hydrogen-bond donors (Lipinski definition) is 1. The number of nitro groups is 1. The van der Waals surface area contributed by atoms with Gasteiger partial charge >= 0.3 is 10.1 Å². The van der Waals surface area contributed by atoms with E-state index in [0.29, 0.717) is 16.3 Å². The molecule has 2 aromatic carbocycles. The van der Waals surface area contributed by atoms with Gasteiger partial charge in [0, 0.05) is 12.1 Å². The van der Waals surface area contributed by atoms with Crippen LogP contribution in [0.15, 0.2) is 51.5 Å². The molecular formula is C32H44N4O7S2. The molecule has 13 heteroatoms. The molecule has 1 saturated heterocycles. The summed E-state index contributed by atoms with van der Waals surface area (Å²) in [6, 6.07) is 8.01. The molecule has 246 valence electrons. The molecule has 0 saturated carbocycles. The Morgan fingerprint density at radius 2 is 1.60 bits per heavy atom. The minimum Gasteiger partial charge on any atom is -0.493 e. The molecular weight excluding hydrogens is 617 g/mol. The van der Waals surface area contributed by atoms with E-state index in [0.717, 1.165) is 25.3 Å². The molecule has 1 aliphatic heterocycles. The van der Waals surface area contributed by atoms with Crippen LogP contribution < -0.4 is 14.2 Å². The summed E-state index contributed by atoms with van der Waals surface area (Å²) in [6.45, 7) is 3.76. The van der Waals surface area contributed by atoms with Crippen LogP contribution in [0.4, 0.5) is 5.69 Å². The van der Waals surface area contributed by atoms with Crippen molar-refractivity contribution in [3.63, 3.8) is 0 Å². The second-order valence-electron chi connectivity index (χ2n) is 11.1. The maximum absolute atomic E-state index is 12.9. The molecule has 0 aromatic heterocycles. The zero-order valence-electron chi connectivity index (χ0n) is 26.3. The third-order valence-electron chi connectivity index (χ3n) is 7.49. The van der Waals surface area contributed by atoms with Crippen molar-refractivity contribution < 1.29 is 27.1 Å². The maximum atomic E-state index is 12.9. The number of amidine groups is 1. The van der Waals surface area contributed by atoms with E-state index in [2.05, 4.69) is 22.4 Å². The molecule has 0 bridgehead atoms. The molecule has 0 radical (unpaired) electrons. The minimum atomic E-state index is -4.39. The van der Waals surface area contributed by atoms with Crippen LogP contribution in [0.5, 0.6) is 11.5 Å². The first-order valence-corrected chi connectivity index (χ1v) is 17.9. The standard InChI is InChI=1S/C32H44N4O7S2/c1-4-5-6-7-8-9-10-11-12-13-14-15-16-29-31(37)34-32(44-29)35-33-23-25-18-20-27(28(21-25)42-3)43-45(40,41)30-22-26(36(38)39)19-17-24(30)2/h17-23,29H,4-16H2,1-3H3,(H,34,35,37)/b33-23+. The fourth-order valence-corrected chi connectivity index (χ4v) is 7.09. The second kappa shape index (κ2) is 18.5. The predicted molar refractivity (Wildman–Crippen MR) is 179 cm³/mol. The summed E-state index contributed by atoms with van der Waals surface area (Å²) in [5.74, 6) is -0.0317. The number of nitrogens with one attached hydrogen (secondary N) is 1. The van der Waals surface area contributed by atoms with Gasteiger partial charge in [-0.05, 0) is 42.7 Å². The summed E-state index contributed by atoms with van der Waals surface area (Å²) >= 11 is 1.38. The fraction of sp³-hybridized carbons (Fsp3) is 0.531. The fourth-order valence-electron chi connectivity index (χ4n) is 4.93. The molecule has 0 aliphatic carbocycles. The number of nitrogens with zero attached hydrogens (tertiary/aromatic N) is 3. The highest BCUT2D eigenvalue weighted by Crippen LogP contribution is 2.32. The molecule has 1 atom stereocenters. The van der Waals surface area contributed by atoms with Gasteiger partial charge in [0.15, 0.2) is 16.7 Å². The molecule has 2 aromatic rings. The second-order valence-corrected chi connectivity index (χ2v) is 13.8. The average Bonchev–Trinajstić information content (AvgIpc) is 3.36. The minimum absolute atomic E-state index is 0.0552. The van der Waals surface area contributed by atoms with Crippen molar-refractivity contribution >= 4 is 44.9 Å². The Hall–Kier alpha value is -3.45. The largest absolute Gasteiger partial charge is 0.493 e. The highest BCUT2D eigenvalue weighted by Gasteiger charge is 2.29. The lowest BCUT2D eigenvalue weighted by Gasteiger charge is -2.12. The summed E-state index contributed by atoms with van der Waals surface area (Å²) in [7, 11) is -3.03. The van der Waals surface area contributed by atoms with Crippen LogP contribution in [-0.4, -0.2) is 43.0 Å². The number of methoxy groups -OCH3 is 1. The monoisotopic (exact) mass is 660 g/mol. The number of ether oxygens (including phenoxy) is 1. The Morgan fingerprint density at radius 1 is 0.956 bits per heavy atom. The maximum Gasteiger partial charge on any atom is 0.339 e. The average molecular weight is 661 g/mol. The molecule has 1 unspecified atom stereocenters. The number of aryl methyl sites for hydroxylation is 1. The smallest absolute Gasteiger partial charge is 0.339 e. The number of hydrogen-bond acceptors (Lipinski definition) is 10. The summed E-state index contributed by atoms with van der Waals surface area (Å²) in [4.78, 5) is 22.5. The van der Waals surface area contributed by atoms with Crippen LogP contribution in [0, 0.1) is 17.0 Å². The van der Waals surface area contributed by atoms with E-state index in [4.69, 9.17) is 8.92 Å². The molecule has 1 N–H and O–H groups in total. The van der Waals surface area contributed by atoms with Crippen molar-refractivity contribution in [2.24, 2.45) is 10.2 Å². The lowest BCUT2D eigenvalue weighted by atomic mass is 10.0. The Balaban J connectivity index is 1.46. The molecule has 1 fully saturated rings. The van der Waals surface area contributed by atoms with Crippen LogP contribution in [0.2, 0.25) is 0 Å². The van der Waals surface area contributed by atoms with Crippen molar-refractivity contribution in [3.05, 3.63) is 57.6 Å². The van der Waals surface area contributed by atoms with Gasteiger partial charge in [0.2, 0.25) is 5.91 Å². The highest BCUT2D eigenvalue weighted by atomic mass is 32.2. The molecule has 0 spiro atoms. The summed E-state index contributed by atoms with van der Waals surface area (Å²) in [5, 5.41) is 22.4. The SMILES string of the molecule is CCCCCCCCCCCCCCC1S/C(=N\N=C\c2ccc(OS(=O)(=O)c3cc([N+](=O)[O-])ccc3C)c(OC)c2)NC1=O. The van der Waals surface area contributed by atoms with E-state index >= 15 is 0 Å². The van der Waals surface area contributed by atoms with E-state index in [1.165, 1.54) is 120 Å². The van der Waals surface area contributed by atoms with Gasteiger partial charge in [0.05, 0.1) is 23.5 Å². The number of unbranched alkanes of at least 4 members (excludes halogenated alkanes) is 11. The van der Waals surface area contributed by atoms with Crippen molar-refractivity contribution in [1.29, 1.82) is 0 Å². The van der Waals surface area contributed by atoms with Gasteiger partial charge < -0.3 is 14.2 Å². The Kier molecular flexibility index (Phi) is 14.8. The first kappa shape index (κ1) is 36.0. The van der Waals surface area contributed by atoms with Gasteiger partial charge in [0.25, 0.3) is 5.69 Å². The predicted octanol–water partition coefficient (Wildman–Crippen LogP) is 7.69. The van der Waals surface area contributed by atoms with Gasteiger partial charge in [0.1, 0.15) is 4.90 Å². The van der Waals surface area contributed by atoms with Gasteiger partial charge in [-0.3, -0.25) is 14.9 Å². The topological polar surface area (TPSA) is 150 Å². The lowest BCUT2D eigenvalue weighted by molar-refractivity contribution is -0.385. The quantitative estimate of drug-likeness (QED) is 0.0499. The number of nitro benzene ring substituents is 1. The zero-order valence-corrected chi connectivity index (χ0v) is 28.0. The Labute approximate surface area is 270 Å². The van der Waals surface area contributed by atoms with E-state index in [1.807, 2.05) is 0 Å². The van der Waals surface area contributed by atoms with Crippen molar-refractivity contribution in [2.45, 2.75) is 107 Å². The van der Waals surface area contributed by atoms with Gasteiger partial charge in [-0.2, -0.15) is 13.5 Å². The number of amides is 1. The Morgan fingerprint density at radius 3 is 2.22 bits per heavy atom. The normalized spacial score (nSPS) is 15.9. The number of thioether (sulfide) groups is 1. The zero-order chi connectivity index (χ0) is 32.7. The van der Waals surface area contributed by atoms with Crippen LogP contribution in [0.3, 0.4) is 0 Å². The van der Waals surface area contributed by atoms with Crippen molar-refractivity contribution in [2.75, 3.05) is 7.11 Å². The summed E-state index contributed by atoms with van der Waals surface area (Å²) in [5.41, 5.74) is 0.487.